The zero-order valence-electron chi connectivity index (χ0n) is 17.8. The fraction of sp³-hybridized carbons (Fsp3) is 0.320. The van der Waals surface area contributed by atoms with Crippen LogP contribution in [0.3, 0.4) is 0 Å². The molecule has 3 aromatic rings. The molecule has 32 heavy (non-hydrogen) atoms. The number of hydrogen-bond acceptors (Lipinski definition) is 2. The van der Waals surface area contributed by atoms with Gasteiger partial charge in [0.25, 0.3) is 0 Å². The summed E-state index contributed by atoms with van der Waals surface area (Å²) in [6.45, 7) is 2.22. The number of carbonyl (C=O) groups is 1. The molecule has 7 heteroatoms. The first-order valence-corrected chi connectivity index (χ1v) is 11.9. The number of piperidine rings is 1. The maximum Gasteiger partial charge on any atom is 0.323 e. The zero-order valence-corrected chi connectivity index (χ0v) is 19.3. The minimum atomic E-state index is -0.376. The van der Waals surface area contributed by atoms with Crippen LogP contribution in [-0.4, -0.2) is 35.0 Å². The molecule has 2 aliphatic heterocycles. The van der Waals surface area contributed by atoms with Gasteiger partial charge in [0, 0.05) is 45.4 Å². The van der Waals surface area contributed by atoms with E-state index in [-0.39, 0.29) is 11.8 Å². The second-order valence-corrected chi connectivity index (χ2v) is 9.43. The molecule has 1 fully saturated rings. The number of aromatic nitrogens is 1. The van der Waals surface area contributed by atoms with Gasteiger partial charge in [-0.25, -0.2) is 9.18 Å². The predicted octanol–water partition coefficient (Wildman–Crippen LogP) is 6.75. The lowest BCUT2D eigenvalue weighted by Crippen LogP contribution is -2.38. The van der Waals surface area contributed by atoms with Crippen molar-refractivity contribution in [2.45, 2.75) is 38.1 Å². The van der Waals surface area contributed by atoms with Crippen molar-refractivity contribution in [3.63, 3.8) is 0 Å². The Morgan fingerprint density at radius 3 is 2.91 bits per heavy atom. The van der Waals surface area contributed by atoms with E-state index in [4.69, 9.17) is 0 Å². The Labute approximate surface area is 195 Å². The highest BCUT2D eigenvalue weighted by Crippen LogP contribution is 2.34. The zero-order chi connectivity index (χ0) is 22.1. The minimum absolute atomic E-state index is 0.364. The molecule has 1 atom stereocenters. The number of H-pyrrole nitrogens is 1. The van der Waals surface area contributed by atoms with Crippen molar-refractivity contribution < 1.29 is 9.18 Å². The van der Waals surface area contributed by atoms with Crippen LogP contribution in [0.15, 0.2) is 53.1 Å². The van der Waals surface area contributed by atoms with E-state index in [2.05, 4.69) is 48.7 Å². The molecule has 3 N–H and O–H groups in total. The van der Waals surface area contributed by atoms with Gasteiger partial charge in [-0.2, -0.15) is 0 Å². The van der Waals surface area contributed by atoms with Gasteiger partial charge in [-0.1, -0.05) is 12.5 Å². The summed E-state index contributed by atoms with van der Waals surface area (Å²) in [5, 5.41) is 6.75. The molecular weight excluding hydrogens is 471 g/mol. The number of allylic oxidation sites excluding steroid dienone is 1. The van der Waals surface area contributed by atoms with E-state index in [0.717, 1.165) is 23.9 Å². The number of hydrogen-bond donors (Lipinski definition) is 3. The van der Waals surface area contributed by atoms with Crippen LogP contribution in [-0.2, 0) is 0 Å². The number of benzene rings is 2. The summed E-state index contributed by atoms with van der Waals surface area (Å²) in [5.74, 6) is -0.364. The summed E-state index contributed by atoms with van der Waals surface area (Å²) in [4.78, 5) is 18.5. The maximum absolute atomic E-state index is 13.3. The van der Waals surface area contributed by atoms with Gasteiger partial charge < -0.3 is 15.6 Å². The Hall–Kier alpha value is -2.64. The monoisotopic (exact) mass is 496 g/mol. The van der Waals surface area contributed by atoms with E-state index in [1.165, 1.54) is 61.6 Å². The van der Waals surface area contributed by atoms with Crippen LogP contribution in [0, 0.1) is 5.82 Å². The molecule has 3 heterocycles. The van der Waals surface area contributed by atoms with Crippen molar-refractivity contribution in [1.29, 1.82) is 0 Å². The van der Waals surface area contributed by atoms with Crippen LogP contribution in [0.5, 0.6) is 0 Å². The first-order chi connectivity index (χ1) is 15.6. The van der Waals surface area contributed by atoms with E-state index < -0.39 is 0 Å². The summed E-state index contributed by atoms with van der Waals surface area (Å²) >= 11 is 3.27. The fourth-order valence-corrected chi connectivity index (χ4v) is 5.31. The van der Waals surface area contributed by atoms with Gasteiger partial charge in [0.2, 0.25) is 0 Å². The van der Waals surface area contributed by atoms with E-state index in [9.17, 15) is 9.18 Å². The third-order valence-corrected chi connectivity index (χ3v) is 7.19. The number of anilines is 2. The molecule has 0 saturated carbocycles. The molecule has 0 radical (unpaired) electrons. The second-order valence-electron chi connectivity index (χ2n) is 8.58. The Kier molecular flexibility index (Phi) is 6.02. The summed E-state index contributed by atoms with van der Waals surface area (Å²) in [6.07, 6.45) is 10.7. The second kappa shape index (κ2) is 9.08. The van der Waals surface area contributed by atoms with Crippen molar-refractivity contribution in [3.8, 4) is 0 Å². The standard InChI is InChI=1S/C25H26BrFN4O/c26-22-13-17(27)5-8-24(22)30-25(32)29-18-6-9-23-20(14-18)21(15-28-23)16-4-7-19-3-1-2-11-31(19)12-10-16/h5-6,8-10,13-15,19,28H,1-4,7,11-12H2,(H2,29,30,32). The molecule has 0 bridgehead atoms. The molecule has 0 spiro atoms. The van der Waals surface area contributed by atoms with Crippen molar-refractivity contribution in [2.24, 2.45) is 0 Å². The third-order valence-electron chi connectivity index (χ3n) is 6.53. The van der Waals surface area contributed by atoms with Gasteiger partial charge in [-0.15, -0.1) is 0 Å². The summed E-state index contributed by atoms with van der Waals surface area (Å²) in [5.41, 5.74) is 4.86. The van der Waals surface area contributed by atoms with E-state index in [0.29, 0.717) is 21.9 Å². The number of aromatic amines is 1. The number of carbonyl (C=O) groups excluding carboxylic acids is 1. The summed E-state index contributed by atoms with van der Waals surface area (Å²) in [7, 11) is 0. The molecule has 5 nitrogen and oxygen atoms in total. The van der Waals surface area contributed by atoms with Crippen molar-refractivity contribution in [1.82, 2.24) is 9.88 Å². The lowest BCUT2D eigenvalue weighted by atomic mass is 9.95. The minimum Gasteiger partial charge on any atom is -0.361 e. The van der Waals surface area contributed by atoms with Gasteiger partial charge in [0.15, 0.2) is 0 Å². The number of nitrogens with zero attached hydrogens (tertiary/aromatic N) is 1. The van der Waals surface area contributed by atoms with E-state index in [1.54, 1.807) is 0 Å². The van der Waals surface area contributed by atoms with Crippen LogP contribution in [0.2, 0.25) is 0 Å². The average Bonchev–Trinajstić information content (AvgIpc) is 3.07. The van der Waals surface area contributed by atoms with Crippen LogP contribution >= 0.6 is 15.9 Å². The average molecular weight is 497 g/mol. The lowest BCUT2D eigenvalue weighted by molar-refractivity contribution is 0.161. The molecule has 166 valence electrons. The quantitative estimate of drug-likeness (QED) is 0.375. The third kappa shape index (κ3) is 4.45. The smallest absolute Gasteiger partial charge is 0.323 e. The van der Waals surface area contributed by atoms with Gasteiger partial charge >= 0.3 is 6.03 Å². The number of amides is 2. The van der Waals surface area contributed by atoms with Crippen LogP contribution < -0.4 is 10.6 Å². The lowest BCUT2D eigenvalue weighted by Gasteiger charge is -2.33. The number of nitrogens with one attached hydrogen (secondary N) is 3. The number of halogens is 2. The summed E-state index contributed by atoms with van der Waals surface area (Å²) < 4.78 is 13.8. The largest absolute Gasteiger partial charge is 0.361 e. The highest BCUT2D eigenvalue weighted by molar-refractivity contribution is 9.10. The van der Waals surface area contributed by atoms with E-state index in [1.807, 2.05) is 18.2 Å². The molecular formula is C25H26BrFN4O. The van der Waals surface area contributed by atoms with Gasteiger partial charge in [-0.3, -0.25) is 4.90 Å². The van der Waals surface area contributed by atoms with Crippen molar-refractivity contribution in [2.75, 3.05) is 23.7 Å². The van der Waals surface area contributed by atoms with Crippen molar-refractivity contribution in [3.05, 3.63) is 64.5 Å². The predicted molar refractivity (Wildman–Crippen MR) is 131 cm³/mol. The molecule has 2 amide bonds. The molecule has 5 rings (SSSR count). The Morgan fingerprint density at radius 1 is 1.12 bits per heavy atom. The molecule has 1 unspecified atom stereocenters. The van der Waals surface area contributed by atoms with Gasteiger partial charge in [0.1, 0.15) is 5.82 Å². The first-order valence-electron chi connectivity index (χ1n) is 11.1. The molecule has 0 aliphatic carbocycles. The first kappa shape index (κ1) is 21.2. The highest BCUT2D eigenvalue weighted by atomic mass is 79.9. The van der Waals surface area contributed by atoms with Gasteiger partial charge in [0.05, 0.1) is 5.69 Å². The van der Waals surface area contributed by atoms with E-state index >= 15 is 0 Å². The molecule has 1 aromatic heterocycles. The number of fused-ring (bicyclic) bond motifs is 2. The number of rotatable bonds is 3. The van der Waals surface area contributed by atoms with Crippen molar-refractivity contribution >= 4 is 49.8 Å². The molecule has 2 aliphatic rings. The maximum atomic E-state index is 13.3. The normalized spacial score (nSPS) is 19.2. The Balaban J connectivity index is 1.34. The highest BCUT2D eigenvalue weighted by Gasteiger charge is 2.24. The van der Waals surface area contributed by atoms with Crippen LogP contribution in [0.1, 0.15) is 37.7 Å². The fourth-order valence-electron chi connectivity index (χ4n) is 4.86. The van der Waals surface area contributed by atoms with Crippen LogP contribution in [0.25, 0.3) is 16.5 Å². The SMILES string of the molecule is O=C(Nc1ccc2[nH]cc(C3=CCN4CCCCC4CC3)c2c1)Nc1ccc(F)cc1Br. The Bertz CT molecular complexity index is 1190. The molecule has 1 saturated heterocycles. The van der Waals surface area contributed by atoms with Crippen LogP contribution in [0.4, 0.5) is 20.6 Å². The molecule has 2 aromatic carbocycles. The Morgan fingerprint density at radius 2 is 2.03 bits per heavy atom. The topological polar surface area (TPSA) is 60.2 Å². The number of urea groups is 1. The summed E-state index contributed by atoms with van der Waals surface area (Å²) in [6, 6.07) is 10.4. The van der Waals surface area contributed by atoms with Gasteiger partial charge in [-0.05, 0) is 90.1 Å².